The summed E-state index contributed by atoms with van der Waals surface area (Å²) in [5.74, 6) is 0. The summed E-state index contributed by atoms with van der Waals surface area (Å²) in [4.78, 5) is 1.40. The minimum atomic E-state index is -3.42. The molecule has 0 radical (unpaired) electrons. The van der Waals surface area contributed by atoms with E-state index in [1.165, 1.54) is 10.4 Å². The smallest absolute Gasteiger partial charge is 0.282 e. The van der Waals surface area contributed by atoms with Crippen molar-refractivity contribution in [3.63, 3.8) is 0 Å². The van der Waals surface area contributed by atoms with Crippen LogP contribution in [-0.2, 0) is 31.7 Å². The number of ether oxygens (including phenoxy) is 2. The first-order chi connectivity index (χ1) is 12.1. The molecule has 25 heavy (non-hydrogen) atoms. The number of methoxy groups -OCH3 is 1. The van der Waals surface area contributed by atoms with E-state index in [0.717, 1.165) is 38.7 Å². The van der Waals surface area contributed by atoms with Gasteiger partial charge in [0.1, 0.15) is 0 Å². The van der Waals surface area contributed by atoms with Gasteiger partial charge in [-0.2, -0.15) is 17.0 Å². The molecular formula is C17H26N2O4S2. The summed E-state index contributed by atoms with van der Waals surface area (Å²) in [7, 11) is -1.79. The lowest BCUT2D eigenvalue weighted by Gasteiger charge is -2.44. The van der Waals surface area contributed by atoms with Gasteiger partial charge in [-0.25, -0.2) is 0 Å². The van der Waals surface area contributed by atoms with E-state index in [4.69, 9.17) is 9.47 Å². The van der Waals surface area contributed by atoms with Crippen molar-refractivity contribution in [1.29, 1.82) is 0 Å². The van der Waals surface area contributed by atoms with Crippen LogP contribution in [0.5, 0.6) is 0 Å². The van der Waals surface area contributed by atoms with E-state index in [9.17, 15) is 8.42 Å². The molecule has 0 aromatic carbocycles. The van der Waals surface area contributed by atoms with Crippen LogP contribution >= 0.6 is 11.3 Å². The van der Waals surface area contributed by atoms with Gasteiger partial charge in [0.05, 0.1) is 18.8 Å². The predicted molar refractivity (Wildman–Crippen MR) is 97.0 cm³/mol. The molecule has 1 spiro atoms. The lowest BCUT2D eigenvalue weighted by atomic mass is 9.83. The van der Waals surface area contributed by atoms with Gasteiger partial charge in [0.2, 0.25) is 0 Å². The fourth-order valence-electron chi connectivity index (χ4n) is 4.47. The van der Waals surface area contributed by atoms with Crippen LogP contribution in [0.1, 0.15) is 36.1 Å². The summed E-state index contributed by atoms with van der Waals surface area (Å²) in [6.45, 7) is 2.85. The molecule has 140 valence electrons. The van der Waals surface area contributed by atoms with Crippen molar-refractivity contribution in [3.05, 3.63) is 21.9 Å². The molecule has 4 rings (SSSR count). The molecule has 0 N–H and O–H groups in total. The van der Waals surface area contributed by atoms with Gasteiger partial charge in [0.15, 0.2) is 0 Å². The zero-order valence-electron chi connectivity index (χ0n) is 14.6. The van der Waals surface area contributed by atoms with Crippen LogP contribution in [0.15, 0.2) is 11.4 Å². The van der Waals surface area contributed by atoms with Crippen molar-refractivity contribution in [2.45, 2.75) is 43.7 Å². The van der Waals surface area contributed by atoms with E-state index in [2.05, 4.69) is 11.4 Å². The third-order valence-electron chi connectivity index (χ3n) is 5.78. The van der Waals surface area contributed by atoms with Crippen LogP contribution in [0.3, 0.4) is 0 Å². The average Bonchev–Trinajstić information content (AvgIpc) is 3.26. The third kappa shape index (κ3) is 3.07. The molecule has 0 saturated carbocycles. The van der Waals surface area contributed by atoms with Crippen LogP contribution < -0.4 is 0 Å². The highest BCUT2D eigenvalue weighted by Gasteiger charge is 2.46. The van der Waals surface area contributed by atoms with E-state index in [1.807, 2.05) is 0 Å². The zero-order chi connectivity index (χ0) is 17.5. The number of hydrogen-bond acceptors (Lipinski definition) is 5. The predicted octanol–water partition coefficient (Wildman–Crippen LogP) is 1.97. The van der Waals surface area contributed by atoms with Gasteiger partial charge in [-0.1, -0.05) is 0 Å². The van der Waals surface area contributed by atoms with Crippen LogP contribution in [-0.4, -0.2) is 63.0 Å². The Morgan fingerprint density at radius 2 is 2.16 bits per heavy atom. The van der Waals surface area contributed by atoms with Crippen LogP contribution in [0.4, 0.5) is 0 Å². The van der Waals surface area contributed by atoms with Gasteiger partial charge in [-0.15, -0.1) is 11.3 Å². The van der Waals surface area contributed by atoms with Crippen molar-refractivity contribution >= 4 is 21.5 Å². The fraction of sp³-hybridized carbons (Fsp3) is 0.765. The average molecular weight is 387 g/mol. The maximum Gasteiger partial charge on any atom is 0.282 e. The largest absolute Gasteiger partial charge is 0.383 e. The number of nitrogens with zero attached hydrogens (tertiary/aromatic N) is 2. The molecule has 3 aliphatic heterocycles. The summed E-state index contributed by atoms with van der Waals surface area (Å²) >= 11 is 1.79. The molecule has 0 amide bonds. The van der Waals surface area contributed by atoms with Gasteiger partial charge >= 0.3 is 0 Å². The van der Waals surface area contributed by atoms with Gasteiger partial charge in [-0.05, 0) is 42.7 Å². The van der Waals surface area contributed by atoms with Crippen molar-refractivity contribution in [2.75, 3.05) is 40.0 Å². The molecular weight excluding hydrogens is 360 g/mol. The Balaban J connectivity index is 1.49. The highest BCUT2D eigenvalue weighted by molar-refractivity contribution is 7.86. The summed E-state index contributed by atoms with van der Waals surface area (Å²) in [5.41, 5.74) is 1.01. The number of piperidine rings is 1. The minimum absolute atomic E-state index is 0.0275. The summed E-state index contributed by atoms with van der Waals surface area (Å²) in [5, 5.41) is 2.13. The number of thiophene rings is 1. The van der Waals surface area contributed by atoms with Crippen molar-refractivity contribution in [3.8, 4) is 0 Å². The van der Waals surface area contributed by atoms with Crippen molar-refractivity contribution in [2.24, 2.45) is 0 Å². The Kier molecular flexibility index (Phi) is 4.94. The Hall–Kier alpha value is -0.510. The monoisotopic (exact) mass is 386 g/mol. The Morgan fingerprint density at radius 1 is 1.36 bits per heavy atom. The highest BCUT2D eigenvalue weighted by atomic mass is 32.2. The molecule has 4 heterocycles. The summed E-state index contributed by atoms with van der Waals surface area (Å²) < 4.78 is 40.9. The Labute approximate surface area is 153 Å². The first-order valence-electron chi connectivity index (χ1n) is 9.03. The van der Waals surface area contributed by atoms with Crippen LogP contribution in [0.2, 0.25) is 0 Å². The molecule has 1 aromatic heterocycles. The summed E-state index contributed by atoms with van der Waals surface area (Å²) in [6, 6.07) is 2.14. The Bertz CT molecular complexity index is 710. The second kappa shape index (κ2) is 6.90. The van der Waals surface area contributed by atoms with Gasteiger partial charge < -0.3 is 9.47 Å². The van der Waals surface area contributed by atoms with E-state index in [0.29, 0.717) is 26.2 Å². The first kappa shape index (κ1) is 17.9. The topological polar surface area (TPSA) is 59.1 Å². The van der Waals surface area contributed by atoms with Gasteiger partial charge in [0.25, 0.3) is 10.2 Å². The standard InChI is InChI=1S/C17H26N2O4S2/c1-22-13-14-3-2-8-19(14)25(20,21)18-9-6-17(7-10-18)15-5-12-24-16(15)4-11-23-17/h5,12,14H,2-4,6-11,13H2,1H3. The normalized spacial score (nSPS) is 27.6. The van der Waals surface area contributed by atoms with Crippen LogP contribution in [0.25, 0.3) is 0 Å². The zero-order valence-corrected chi connectivity index (χ0v) is 16.3. The molecule has 3 aliphatic rings. The molecule has 0 aliphatic carbocycles. The van der Waals surface area contributed by atoms with E-state index >= 15 is 0 Å². The molecule has 1 atom stereocenters. The molecule has 1 aromatic rings. The fourth-order valence-corrected chi connectivity index (χ4v) is 7.26. The maximum atomic E-state index is 13.1. The van der Waals surface area contributed by atoms with E-state index in [1.54, 1.807) is 27.1 Å². The van der Waals surface area contributed by atoms with Gasteiger partial charge in [0, 0.05) is 44.1 Å². The highest BCUT2D eigenvalue weighted by Crippen LogP contribution is 2.44. The first-order valence-corrected chi connectivity index (χ1v) is 11.3. The second-order valence-corrected chi connectivity index (χ2v) is 10.0. The van der Waals surface area contributed by atoms with E-state index < -0.39 is 10.2 Å². The number of fused-ring (bicyclic) bond motifs is 2. The molecule has 8 heteroatoms. The molecule has 6 nitrogen and oxygen atoms in total. The van der Waals surface area contributed by atoms with Crippen molar-refractivity contribution in [1.82, 2.24) is 8.61 Å². The molecule has 2 saturated heterocycles. The minimum Gasteiger partial charge on any atom is -0.383 e. The number of rotatable bonds is 4. The quantitative estimate of drug-likeness (QED) is 0.794. The number of hydrogen-bond donors (Lipinski definition) is 0. The maximum absolute atomic E-state index is 13.1. The van der Waals surface area contributed by atoms with Gasteiger partial charge in [-0.3, -0.25) is 0 Å². The molecule has 0 bridgehead atoms. The SMILES string of the molecule is COCC1CCCN1S(=O)(=O)N1CCC2(CC1)OCCc1sccc12. The molecule has 2 fully saturated rings. The van der Waals surface area contributed by atoms with Crippen LogP contribution in [0, 0.1) is 0 Å². The second-order valence-electron chi connectivity index (χ2n) is 7.12. The van der Waals surface area contributed by atoms with E-state index in [-0.39, 0.29) is 11.6 Å². The lowest BCUT2D eigenvalue weighted by Crippen LogP contribution is -2.53. The lowest BCUT2D eigenvalue weighted by molar-refractivity contribution is -0.0887. The molecule has 1 unspecified atom stereocenters. The van der Waals surface area contributed by atoms with Crippen molar-refractivity contribution < 1.29 is 17.9 Å². The summed E-state index contributed by atoms with van der Waals surface area (Å²) in [6.07, 6.45) is 4.24. The third-order valence-corrected chi connectivity index (χ3v) is 8.85. The Morgan fingerprint density at radius 3 is 2.92 bits per heavy atom.